The molecule has 4 heterocycles. The Bertz CT molecular complexity index is 683. The molecule has 3 fully saturated rings. The minimum atomic E-state index is -0.679. The molecular weight excluding hydrogens is 334 g/mol. The highest BCUT2D eigenvalue weighted by Gasteiger charge is 2.67. The number of nitrogens with zero attached hydrogens (tertiary/aromatic N) is 2. The molecule has 3 saturated heterocycles. The fraction of sp³-hybridized carbons (Fsp3) is 0.737. The molecule has 2 bridgehead atoms. The van der Waals surface area contributed by atoms with Gasteiger partial charge in [-0.2, -0.15) is 0 Å². The van der Waals surface area contributed by atoms with E-state index in [0.29, 0.717) is 26.2 Å². The molecule has 4 rings (SSSR count). The van der Waals surface area contributed by atoms with Crippen molar-refractivity contribution in [1.82, 2.24) is 15.1 Å². The van der Waals surface area contributed by atoms with Crippen molar-refractivity contribution in [2.24, 2.45) is 17.3 Å². The van der Waals surface area contributed by atoms with Crippen LogP contribution in [-0.2, 0) is 19.1 Å². The third-order valence-corrected chi connectivity index (χ3v) is 5.70. The lowest BCUT2D eigenvalue weighted by molar-refractivity contribution is -0.144. The Morgan fingerprint density at radius 3 is 2.88 bits per heavy atom. The average molecular weight is 361 g/mol. The largest absolute Gasteiger partial charge is 0.360 e. The first kappa shape index (κ1) is 17.5. The van der Waals surface area contributed by atoms with Crippen molar-refractivity contribution in [1.29, 1.82) is 0 Å². The number of hydrogen-bond acceptors (Lipinski definition) is 4. The van der Waals surface area contributed by atoms with Crippen LogP contribution in [0.25, 0.3) is 0 Å². The van der Waals surface area contributed by atoms with E-state index in [0.717, 1.165) is 6.42 Å². The van der Waals surface area contributed by atoms with Crippen LogP contribution in [0.15, 0.2) is 12.2 Å². The van der Waals surface area contributed by atoms with Gasteiger partial charge in [-0.25, -0.2) is 0 Å². The number of carbonyl (C=O) groups excluding carboxylic acids is 3. The zero-order valence-electron chi connectivity index (χ0n) is 15.7. The van der Waals surface area contributed by atoms with Crippen LogP contribution in [0.3, 0.4) is 0 Å². The maximum atomic E-state index is 13.2. The summed E-state index contributed by atoms with van der Waals surface area (Å²) in [6.45, 7) is 8.61. The summed E-state index contributed by atoms with van der Waals surface area (Å²) in [5.41, 5.74) is -0.698. The number of hydrogen-bond donors (Lipinski definition) is 1. The minimum absolute atomic E-state index is 0.00407. The van der Waals surface area contributed by atoms with E-state index < -0.39 is 17.4 Å². The van der Waals surface area contributed by atoms with Crippen molar-refractivity contribution < 1.29 is 19.1 Å². The Balaban J connectivity index is 1.58. The van der Waals surface area contributed by atoms with E-state index in [1.165, 1.54) is 0 Å². The van der Waals surface area contributed by atoms with Gasteiger partial charge in [0.25, 0.3) is 0 Å². The van der Waals surface area contributed by atoms with Gasteiger partial charge in [0.15, 0.2) is 0 Å². The molecule has 3 amide bonds. The predicted octanol–water partition coefficient (Wildman–Crippen LogP) is 0.163. The van der Waals surface area contributed by atoms with Crippen LogP contribution in [0.2, 0.25) is 0 Å². The minimum Gasteiger partial charge on any atom is -0.360 e. The summed E-state index contributed by atoms with van der Waals surface area (Å²) in [6.07, 6.45) is 4.26. The quantitative estimate of drug-likeness (QED) is 0.711. The molecule has 7 heteroatoms. The maximum absolute atomic E-state index is 13.2. The van der Waals surface area contributed by atoms with E-state index in [1.54, 1.807) is 4.90 Å². The summed E-state index contributed by atoms with van der Waals surface area (Å²) >= 11 is 0. The van der Waals surface area contributed by atoms with Gasteiger partial charge in [-0.05, 0) is 11.8 Å². The van der Waals surface area contributed by atoms with Crippen LogP contribution in [0.5, 0.6) is 0 Å². The van der Waals surface area contributed by atoms with Gasteiger partial charge in [-0.15, -0.1) is 0 Å². The number of carbonyl (C=O) groups is 3. The van der Waals surface area contributed by atoms with Crippen molar-refractivity contribution in [2.45, 2.75) is 38.9 Å². The molecule has 2 unspecified atom stereocenters. The SMILES string of the molecule is CC(C)(C)CN1C[C@@]23C=C[C@@H](O2)C(C(=O)N2CCCNC(=O)C2)C3C1=O. The Kier molecular flexibility index (Phi) is 3.91. The molecule has 7 nitrogen and oxygen atoms in total. The molecule has 4 atom stereocenters. The Hall–Kier alpha value is -1.89. The topological polar surface area (TPSA) is 79.0 Å². The van der Waals surface area contributed by atoms with Crippen LogP contribution in [0.4, 0.5) is 0 Å². The number of ether oxygens (including phenoxy) is 1. The van der Waals surface area contributed by atoms with Crippen molar-refractivity contribution in [3.8, 4) is 0 Å². The van der Waals surface area contributed by atoms with Gasteiger partial charge in [0.2, 0.25) is 17.7 Å². The molecule has 1 spiro atoms. The lowest BCUT2D eigenvalue weighted by atomic mass is 9.76. The van der Waals surface area contributed by atoms with Gasteiger partial charge >= 0.3 is 0 Å². The summed E-state index contributed by atoms with van der Waals surface area (Å²) in [6, 6.07) is 0. The van der Waals surface area contributed by atoms with E-state index in [-0.39, 0.29) is 35.8 Å². The Labute approximate surface area is 153 Å². The van der Waals surface area contributed by atoms with Crippen LogP contribution < -0.4 is 5.32 Å². The lowest BCUT2D eigenvalue weighted by Gasteiger charge is -2.30. The summed E-state index contributed by atoms with van der Waals surface area (Å²) in [5, 5.41) is 2.79. The lowest BCUT2D eigenvalue weighted by Crippen LogP contribution is -2.48. The number of fused-ring (bicyclic) bond motifs is 1. The molecule has 0 radical (unpaired) electrons. The van der Waals surface area contributed by atoms with Gasteiger partial charge in [0, 0.05) is 19.6 Å². The highest BCUT2D eigenvalue weighted by atomic mass is 16.5. The van der Waals surface area contributed by atoms with Crippen LogP contribution in [-0.4, -0.2) is 72.0 Å². The third kappa shape index (κ3) is 2.73. The number of rotatable bonds is 2. The monoisotopic (exact) mass is 361 g/mol. The molecule has 1 N–H and O–H groups in total. The summed E-state index contributed by atoms with van der Waals surface area (Å²) < 4.78 is 6.16. The molecule has 4 aliphatic rings. The third-order valence-electron chi connectivity index (χ3n) is 5.70. The van der Waals surface area contributed by atoms with Gasteiger partial charge in [0.05, 0.1) is 31.0 Å². The summed E-state index contributed by atoms with van der Waals surface area (Å²) in [4.78, 5) is 41.6. The van der Waals surface area contributed by atoms with Gasteiger partial charge in [-0.1, -0.05) is 32.9 Å². The van der Waals surface area contributed by atoms with E-state index in [9.17, 15) is 14.4 Å². The molecule has 4 aliphatic heterocycles. The number of nitrogens with one attached hydrogen (secondary N) is 1. The van der Waals surface area contributed by atoms with Crippen molar-refractivity contribution in [3.63, 3.8) is 0 Å². The second-order valence-electron chi connectivity index (χ2n) is 9.12. The Morgan fingerprint density at radius 1 is 1.38 bits per heavy atom. The first-order chi connectivity index (χ1) is 12.2. The fourth-order valence-corrected chi connectivity index (χ4v) is 4.77. The predicted molar refractivity (Wildman–Crippen MR) is 94.0 cm³/mol. The first-order valence-corrected chi connectivity index (χ1v) is 9.42. The second-order valence-corrected chi connectivity index (χ2v) is 9.12. The van der Waals surface area contributed by atoms with Crippen LogP contribution >= 0.6 is 0 Å². The number of amides is 3. The average Bonchev–Trinajstić information content (AvgIpc) is 3.10. The normalized spacial score (nSPS) is 36.3. The highest BCUT2D eigenvalue weighted by molar-refractivity contribution is 5.94. The van der Waals surface area contributed by atoms with Crippen LogP contribution in [0.1, 0.15) is 27.2 Å². The molecule has 26 heavy (non-hydrogen) atoms. The van der Waals surface area contributed by atoms with Gasteiger partial charge in [-0.3, -0.25) is 14.4 Å². The zero-order valence-corrected chi connectivity index (χ0v) is 15.7. The molecule has 0 aromatic carbocycles. The summed E-state index contributed by atoms with van der Waals surface area (Å²) in [5.74, 6) is -1.27. The molecule has 0 aliphatic carbocycles. The fourth-order valence-electron chi connectivity index (χ4n) is 4.77. The highest BCUT2D eigenvalue weighted by Crippen LogP contribution is 2.52. The Morgan fingerprint density at radius 2 is 2.15 bits per heavy atom. The molecule has 142 valence electrons. The van der Waals surface area contributed by atoms with Gasteiger partial charge < -0.3 is 19.9 Å². The first-order valence-electron chi connectivity index (χ1n) is 9.42. The smallest absolute Gasteiger partial charge is 0.239 e. The second kappa shape index (κ2) is 5.81. The van der Waals surface area contributed by atoms with Crippen molar-refractivity contribution >= 4 is 17.7 Å². The van der Waals surface area contributed by atoms with E-state index in [4.69, 9.17) is 4.74 Å². The molecule has 0 aromatic rings. The molecule has 0 aromatic heterocycles. The van der Waals surface area contributed by atoms with E-state index >= 15 is 0 Å². The van der Waals surface area contributed by atoms with Crippen LogP contribution in [0, 0.1) is 17.3 Å². The molecule has 0 saturated carbocycles. The zero-order chi connectivity index (χ0) is 18.7. The van der Waals surface area contributed by atoms with Crippen molar-refractivity contribution in [2.75, 3.05) is 32.7 Å². The van der Waals surface area contributed by atoms with Gasteiger partial charge in [0.1, 0.15) is 5.60 Å². The standard InChI is InChI=1S/C19H27N3O4/c1-18(2,3)10-22-11-19-6-5-12(26-19)14(15(19)17(22)25)16(24)21-8-4-7-20-13(23)9-21/h5-6,12,14-15H,4,7-11H2,1-3H3,(H,20,23)/t12-,14?,15?,19-/m1/s1. The molecular formula is C19H27N3O4. The maximum Gasteiger partial charge on any atom is 0.239 e. The number of likely N-dealkylation sites (tertiary alicyclic amines) is 1. The van der Waals surface area contributed by atoms with Crippen molar-refractivity contribution in [3.05, 3.63) is 12.2 Å². The van der Waals surface area contributed by atoms with E-state index in [1.807, 2.05) is 17.1 Å². The van der Waals surface area contributed by atoms with E-state index in [2.05, 4.69) is 26.1 Å². The summed E-state index contributed by atoms with van der Waals surface area (Å²) in [7, 11) is 0.